The number of rotatable bonds is 6. The lowest BCUT2D eigenvalue weighted by Gasteiger charge is -2.16. The van der Waals surface area contributed by atoms with Crippen molar-refractivity contribution < 1.29 is 9.18 Å². The van der Waals surface area contributed by atoms with Gasteiger partial charge in [0.15, 0.2) is 0 Å². The summed E-state index contributed by atoms with van der Waals surface area (Å²) in [7, 11) is 0. The maximum absolute atomic E-state index is 14.5. The number of hydrogen-bond acceptors (Lipinski definition) is 2. The summed E-state index contributed by atoms with van der Waals surface area (Å²) in [5, 5.41) is 3.57. The van der Waals surface area contributed by atoms with Gasteiger partial charge < -0.3 is 9.88 Å². The van der Waals surface area contributed by atoms with E-state index in [1.165, 1.54) is 6.07 Å². The number of imidazole rings is 1. The van der Waals surface area contributed by atoms with Gasteiger partial charge in [-0.3, -0.25) is 4.79 Å². The Morgan fingerprint density at radius 3 is 2.78 bits per heavy atom. The molecule has 6 heteroatoms. The van der Waals surface area contributed by atoms with Crippen LogP contribution in [0.15, 0.2) is 54.9 Å². The summed E-state index contributed by atoms with van der Waals surface area (Å²) in [6, 6.07) is 12.1. The van der Waals surface area contributed by atoms with Crippen LogP contribution in [0.3, 0.4) is 0 Å². The van der Waals surface area contributed by atoms with Gasteiger partial charge in [0, 0.05) is 23.8 Å². The van der Waals surface area contributed by atoms with Gasteiger partial charge in [0.1, 0.15) is 11.6 Å². The first kappa shape index (κ1) is 19.1. The van der Waals surface area contributed by atoms with Crippen LogP contribution in [0.1, 0.15) is 36.3 Å². The van der Waals surface area contributed by atoms with Gasteiger partial charge >= 0.3 is 0 Å². The minimum absolute atomic E-state index is 0.0857. The van der Waals surface area contributed by atoms with Crippen molar-refractivity contribution in [2.75, 3.05) is 0 Å². The molecule has 0 aliphatic heterocycles. The van der Waals surface area contributed by atoms with E-state index in [2.05, 4.69) is 10.3 Å². The first-order valence-electron chi connectivity index (χ1n) is 8.77. The normalized spacial score (nSPS) is 12.0. The fraction of sp³-hybridized carbons (Fsp3) is 0.238. The van der Waals surface area contributed by atoms with Gasteiger partial charge in [0.05, 0.1) is 11.7 Å². The molecule has 0 bridgehead atoms. The zero-order valence-electron chi connectivity index (χ0n) is 15.2. The second kappa shape index (κ2) is 8.35. The Morgan fingerprint density at radius 2 is 2.11 bits per heavy atom. The van der Waals surface area contributed by atoms with Crippen molar-refractivity contribution in [2.45, 2.75) is 32.7 Å². The van der Waals surface area contributed by atoms with E-state index in [-0.39, 0.29) is 17.8 Å². The van der Waals surface area contributed by atoms with E-state index in [0.29, 0.717) is 34.9 Å². The number of nitrogens with one attached hydrogen (secondary N) is 1. The number of aryl methyl sites for hydroxylation is 2. The molecule has 1 aromatic heterocycles. The van der Waals surface area contributed by atoms with Crippen LogP contribution in [0.25, 0.3) is 5.69 Å². The lowest BCUT2D eigenvalue weighted by Crippen LogP contribution is -2.27. The van der Waals surface area contributed by atoms with E-state index < -0.39 is 0 Å². The first-order valence-corrected chi connectivity index (χ1v) is 9.15. The van der Waals surface area contributed by atoms with Gasteiger partial charge in [-0.1, -0.05) is 29.8 Å². The van der Waals surface area contributed by atoms with Crippen molar-refractivity contribution in [1.82, 2.24) is 14.9 Å². The van der Waals surface area contributed by atoms with Crippen LogP contribution >= 0.6 is 11.6 Å². The molecule has 0 saturated carbocycles. The number of hydrogen-bond donors (Lipinski definition) is 1. The Balaban J connectivity index is 1.62. The van der Waals surface area contributed by atoms with Crippen LogP contribution in [-0.2, 0) is 11.2 Å². The number of carbonyl (C=O) groups is 1. The van der Waals surface area contributed by atoms with Crippen molar-refractivity contribution in [2.24, 2.45) is 0 Å². The third kappa shape index (κ3) is 4.74. The fourth-order valence-corrected chi connectivity index (χ4v) is 3.18. The number of nitrogens with zero attached hydrogens (tertiary/aromatic N) is 2. The van der Waals surface area contributed by atoms with E-state index in [1.54, 1.807) is 29.1 Å². The summed E-state index contributed by atoms with van der Waals surface area (Å²) in [6.07, 6.45) is 4.30. The van der Waals surface area contributed by atoms with Crippen molar-refractivity contribution in [3.63, 3.8) is 0 Å². The summed E-state index contributed by atoms with van der Waals surface area (Å²) in [5.41, 5.74) is 2.16. The molecule has 1 heterocycles. The minimum Gasteiger partial charge on any atom is -0.350 e. The van der Waals surface area contributed by atoms with Gasteiger partial charge in [-0.15, -0.1) is 0 Å². The zero-order valence-corrected chi connectivity index (χ0v) is 16.0. The first-order chi connectivity index (χ1) is 12.9. The second-order valence-corrected chi connectivity index (χ2v) is 6.91. The van der Waals surface area contributed by atoms with E-state index in [4.69, 9.17) is 11.6 Å². The maximum atomic E-state index is 14.5. The maximum Gasteiger partial charge on any atom is 0.220 e. The lowest BCUT2D eigenvalue weighted by atomic mass is 10.1. The molecule has 0 saturated heterocycles. The Kier molecular flexibility index (Phi) is 5.91. The monoisotopic (exact) mass is 385 g/mol. The molecule has 0 fully saturated rings. The number of halogens is 2. The lowest BCUT2D eigenvalue weighted by molar-refractivity contribution is -0.121. The molecule has 1 atom stereocenters. The van der Waals surface area contributed by atoms with Gasteiger partial charge in [-0.25, -0.2) is 9.37 Å². The van der Waals surface area contributed by atoms with E-state index in [1.807, 2.05) is 38.1 Å². The summed E-state index contributed by atoms with van der Waals surface area (Å²) in [5.74, 6) is 0.273. The quantitative estimate of drug-likeness (QED) is 0.663. The SMILES string of the molecule is Cc1nccn1-c1ccc(C(C)NC(=O)CCc2cccc(Cl)c2)cc1F. The molecule has 1 N–H and O–H groups in total. The highest BCUT2D eigenvalue weighted by Crippen LogP contribution is 2.21. The summed E-state index contributed by atoms with van der Waals surface area (Å²) < 4.78 is 16.2. The van der Waals surface area contributed by atoms with Crippen LogP contribution in [-0.4, -0.2) is 15.5 Å². The molecule has 3 rings (SSSR count). The molecule has 0 aliphatic rings. The molecule has 1 unspecified atom stereocenters. The minimum atomic E-state index is -0.353. The summed E-state index contributed by atoms with van der Waals surface area (Å²) in [4.78, 5) is 16.3. The average molecular weight is 386 g/mol. The molecule has 2 aromatic carbocycles. The topological polar surface area (TPSA) is 46.9 Å². The Labute approximate surface area is 163 Å². The van der Waals surface area contributed by atoms with E-state index in [0.717, 1.165) is 5.56 Å². The highest BCUT2D eigenvalue weighted by molar-refractivity contribution is 6.30. The predicted molar refractivity (Wildman–Crippen MR) is 105 cm³/mol. The second-order valence-electron chi connectivity index (χ2n) is 6.47. The molecule has 27 heavy (non-hydrogen) atoms. The number of amides is 1. The summed E-state index contributed by atoms with van der Waals surface area (Å²) in [6.45, 7) is 3.66. The van der Waals surface area contributed by atoms with Crippen molar-refractivity contribution in [1.29, 1.82) is 0 Å². The van der Waals surface area contributed by atoms with Gasteiger partial charge in [-0.2, -0.15) is 0 Å². The van der Waals surface area contributed by atoms with Crippen LogP contribution in [0.2, 0.25) is 5.02 Å². The third-order valence-corrected chi connectivity index (χ3v) is 4.70. The average Bonchev–Trinajstić information content (AvgIpc) is 3.05. The molecular weight excluding hydrogens is 365 g/mol. The van der Waals surface area contributed by atoms with Crippen molar-refractivity contribution in [3.05, 3.63) is 82.6 Å². The molecule has 3 aromatic rings. The Morgan fingerprint density at radius 1 is 1.30 bits per heavy atom. The highest BCUT2D eigenvalue weighted by Gasteiger charge is 2.13. The van der Waals surface area contributed by atoms with Crippen LogP contribution in [0.4, 0.5) is 4.39 Å². The number of carbonyl (C=O) groups excluding carboxylic acids is 1. The van der Waals surface area contributed by atoms with E-state index in [9.17, 15) is 9.18 Å². The smallest absolute Gasteiger partial charge is 0.220 e. The van der Waals surface area contributed by atoms with Gasteiger partial charge in [0.2, 0.25) is 5.91 Å². The Bertz CT molecular complexity index is 954. The number of benzene rings is 2. The van der Waals surface area contributed by atoms with Crippen LogP contribution in [0, 0.1) is 12.7 Å². The Hall–Kier alpha value is -2.66. The predicted octanol–water partition coefficient (Wildman–Crippen LogP) is 4.78. The molecular formula is C21H21ClFN3O. The number of aromatic nitrogens is 2. The standard InChI is InChI=1S/C21H21ClFN3O/c1-14(25-21(27)9-6-16-4-3-5-18(22)12-16)17-7-8-20(19(23)13-17)26-11-10-24-15(26)2/h3-5,7-8,10-14H,6,9H2,1-2H3,(H,25,27). The third-order valence-electron chi connectivity index (χ3n) is 4.46. The summed E-state index contributed by atoms with van der Waals surface area (Å²) >= 11 is 5.96. The van der Waals surface area contributed by atoms with Gasteiger partial charge in [0.25, 0.3) is 0 Å². The molecule has 4 nitrogen and oxygen atoms in total. The highest BCUT2D eigenvalue weighted by atomic mass is 35.5. The van der Waals surface area contributed by atoms with Crippen LogP contribution in [0.5, 0.6) is 0 Å². The fourth-order valence-electron chi connectivity index (χ4n) is 2.97. The molecule has 0 radical (unpaired) electrons. The molecule has 0 spiro atoms. The molecule has 0 aliphatic carbocycles. The van der Waals surface area contributed by atoms with E-state index >= 15 is 0 Å². The molecule has 1 amide bonds. The van der Waals surface area contributed by atoms with Crippen molar-refractivity contribution in [3.8, 4) is 5.69 Å². The van der Waals surface area contributed by atoms with Crippen LogP contribution < -0.4 is 5.32 Å². The molecule has 140 valence electrons. The van der Waals surface area contributed by atoms with Crippen molar-refractivity contribution >= 4 is 17.5 Å². The largest absolute Gasteiger partial charge is 0.350 e. The zero-order chi connectivity index (χ0) is 19.4. The van der Waals surface area contributed by atoms with Gasteiger partial charge in [-0.05, 0) is 55.7 Å².